The SMILES string of the molecule is CCC1CNC(=O)OC1. The molecule has 52 valence electrons. The molecule has 0 spiro atoms. The first-order valence-corrected chi connectivity index (χ1v) is 3.23. The van der Waals surface area contributed by atoms with E-state index in [9.17, 15) is 4.79 Å². The Morgan fingerprint density at radius 1 is 1.89 bits per heavy atom. The van der Waals surface area contributed by atoms with Gasteiger partial charge in [-0.05, 0) is 6.42 Å². The van der Waals surface area contributed by atoms with Crippen molar-refractivity contribution in [3.05, 3.63) is 0 Å². The first kappa shape index (κ1) is 6.39. The molecule has 1 rings (SSSR count). The molecular formula is C6H11NO2. The Hall–Kier alpha value is -0.730. The van der Waals surface area contributed by atoms with Crippen LogP contribution in [-0.2, 0) is 4.74 Å². The summed E-state index contributed by atoms with van der Waals surface area (Å²) in [7, 11) is 0. The van der Waals surface area contributed by atoms with Crippen LogP contribution in [0.1, 0.15) is 13.3 Å². The highest BCUT2D eigenvalue weighted by Crippen LogP contribution is 2.05. The number of cyclic esters (lactones) is 1. The number of hydrogen-bond donors (Lipinski definition) is 1. The summed E-state index contributed by atoms with van der Waals surface area (Å²) in [6, 6.07) is 0. The topological polar surface area (TPSA) is 38.3 Å². The van der Waals surface area contributed by atoms with Crippen LogP contribution < -0.4 is 5.32 Å². The first-order chi connectivity index (χ1) is 4.33. The second-order valence-electron chi connectivity index (χ2n) is 2.25. The molecule has 1 aliphatic heterocycles. The number of rotatable bonds is 1. The van der Waals surface area contributed by atoms with E-state index < -0.39 is 0 Å². The molecule has 1 aliphatic rings. The zero-order chi connectivity index (χ0) is 6.69. The second-order valence-corrected chi connectivity index (χ2v) is 2.25. The van der Waals surface area contributed by atoms with Gasteiger partial charge < -0.3 is 10.1 Å². The molecule has 0 aromatic carbocycles. The van der Waals surface area contributed by atoms with Crippen molar-refractivity contribution < 1.29 is 9.53 Å². The van der Waals surface area contributed by atoms with E-state index in [4.69, 9.17) is 4.74 Å². The van der Waals surface area contributed by atoms with Crippen LogP contribution in [-0.4, -0.2) is 19.2 Å². The highest BCUT2D eigenvalue weighted by molar-refractivity contribution is 5.67. The summed E-state index contributed by atoms with van der Waals surface area (Å²) in [5.74, 6) is 0.516. The van der Waals surface area contributed by atoms with Gasteiger partial charge in [0.2, 0.25) is 0 Å². The van der Waals surface area contributed by atoms with E-state index in [0.29, 0.717) is 12.5 Å². The summed E-state index contributed by atoms with van der Waals surface area (Å²) in [6.07, 6.45) is 0.792. The smallest absolute Gasteiger partial charge is 0.407 e. The summed E-state index contributed by atoms with van der Waals surface area (Å²) in [5, 5.41) is 2.62. The second kappa shape index (κ2) is 2.71. The molecule has 1 N–H and O–H groups in total. The third kappa shape index (κ3) is 1.59. The summed E-state index contributed by atoms with van der Waals surface area (Å²) < 4.78 is 4.73. The molecular weight excluding hydrogens is 118 g/mol. The van der Waals surface area contributed by atoms with Gasteiger partial charge >= 0.3 is 6.09 Å². The molecule has 0 aromatic rings. The van der Waals surface area contributed by atoms with Crippen molar-refractivity contribution in [1.82, 2.24) is 5.32 Å². The molecule has 1 amide bonds. The molecule has 1 atom stereocenters. The normalized spacial score (nSPS) is 26.8. The van der Waals surface area contributed by atoms with Gasteiger partial charge in [0.05, 0.1) is 6.61 Å². The fourth-order valence-electron chi connectivity index (χ4n) is 0.793. The summed E-state index contributed by atoms with van der Waals surface area (Å²) >= 11 is 0. The number of amides is 1. The number of hydrogen-bond acceptors (Lipinski definition) is 2. The predicted molar refractivity (Wildman–Crippen MR) is 33.1 cm³/mol. The van der Waals surface area contributed by atoms with Crippen LogP contribution in [0.4, 0.5) is 4.79 Å². The lowest BCUT2D eigenvalue weighted by Gasteiger charge is -2.20. The highest BCUT2D eigenvalue weighted by Gasteiger charge is 2.16. The number of nitrogens with one attached hydrogen (secondary N) is 1. The fraction of sp³-hybridized carbons (Fsp3) is 0.833. The van der Waals surface area contributed by atoms with Gasteiger partial charge in [0.15, 0.2) is 0 Å². The van der Waals surface area contributed by atoms with Crippen LogP contribution >= 0.6 is 0 Å². The van der Waals surface area contributed by atoms with E-state index in [1.807, 2.05) is 0 Å². The van der Waals surface area contributed by atoms with Crippen molar-refractivity contribution in [2.75, 3.05) is 13.2 Å². The maximum Gasteiger partial charge on any atom is 0.407 e. The Morgan fingerprint density at radius 3 is 3.11 bits per heavy atom. The lowest BCUT2D eigenvalue weighted by molar-refractivity contribution is 0.102. The molecule has 3 nitrogen and oxygen atoms in total. The van der Waals surface area contributed by atoms with Crippen molar-refractivity contribution in [1.29, 1.82) is 0 Å². The standard InChI is InChI=1S/C6H11NO2/c1-2-5-3-7-6(8)9-4-5/h5H,2-4H2,1H3,(H,7,8). The minimum atomic E-state index is -0.278. The quantitative estimate of drug-likeness (QED) is 0.567. The summed E-state index contributed by atoms with van der Waals surface area (Å²) in [6.45, 7) is 3.45. The van der Waals surface area contributed by atoms with E-state index >= 15 is 0 Å². The number of alkyl carbamates (subject to hydrolysis) is 1. The Labute approximate surface area is 54.4 Å². The van der Waals surface area contributed by atoms with Crippen LogP contribution in [0.15, 0.2) is 0 Å². The lowest BCUT2D eigenvalue weighted by Crippen LogP contribution is -2.38. The zero-order valence-electron chi connectivity index (χ0n) is 5.52. The zero-order valence-corrected chi connectivity index (χ0v) is 5.52. The average Bonchev–Trinajstić information content (AvgIpc) is 1.90. The Kier molecular flexibility index (Phi) is 1.92. The summed E-state index contributed by atoms with van der Waals surface area (Å²) in [4.78, 5) is 10.4. The minimum absolute atomic E-state index is 0.278. The predicted octanol–water partition coefficient (Wildman–Crippen LogP) is 0.752. The Bertz CT molecular complexity index is 104. The van der Waals surface area contributed by atoms with Crippen molar-refractivity contribution >= 4 is 6.09 Å². The van der Waals surface area contributed by atoms with Crippen molar-refractivity contribution in [3.8, 4) is 0 Å². The van der Waals surface area contributed by atoms with Crippen LogP contribution in [0.5, 0.6) is 0 Å². The van der Waals surface area contributed by atoms with E-state index in [2.05, 4.69) is 12.2 Å². The van der Waals surface area contributed by atoms with Crippen LogP contribution in [0, 0.1) is 5.92 Å². The third-order valence-electron chi connectivity index (χ3n) is 1.56. The van der Waals surface area contributed by atoms with Crippen molar-refractivity contribution in [3.63, 3.8) is 0 Å². The summed E-state index contributed by atoms with van der Waals surface area (Å²) in [5.41, 5.74) is 0. The molecule has 3 heteroatoms. The minimum Gasteiger partial charge on any atom is -0.449 e. The molecule has 1 fully saturated rings. The molecule has 1 saturated heterocycles. The van der Waals surface area contributed by atoms with Gasteiger partial charge in [0.25, 0.3) is 0 Å². The van der Waals surface area contributed by atoms with Gasteiger partial charge in [-0.25, -0.2) is 4.79 Å². The molecule has 9 heavy (non-hydrogen) atoms. The number of carbonyl (C=O) groups is 1. The van der Waals surface area contributed by atoms with Gasteiger partial charge in [-0.2, -0.15) is 0 Å². The monoisotopic (exact) mass is 129 g/mol. The maximum atomic E-state index is 10.4. The van der Waals surface area contributed by atoms with Gasteiger partial charge in [0, 0.05) is 12.5 Å². The van der Waals surface area contributed by atoms with Crippen LogP contribution in [0.3, 0.4) is 0 Å². The van der Waals surface area contributed by atoms with Gasteiger partial charge in [0.1, 0.15) is 0 Å². The van der Waals surface area contributed by atoms with Crippen molar-refractivity contribution in [2.24, 2.45) is 5.92 Å². The fourth-order valence-corrected chi connectivity index (χ4v) is 0.793. The first-order valence-electron chi connectivity index (χ1n) is 3.23. The Balaban J connectivity index is 2.26. The Morgan fingerprint density at radius 2 is 2.67 bits per heavy atom. The molecule has 0 aromatic heterocycles. The molecule has 1 unspecified atom stereocenters. The number of carbonyl (C=O) groups excluding carboxylic acids is 1. The van der Waals surface area contributed by atoms with Gasteiger partial charge in [-0.1, -0.05) is 6.92 Å². The lowest BCUT2D eigenvalue weighted by atomic mass is 10.1. The van der Waals surface area contributed by atoms with E-state index in [0.717, 1.165) is 13.0 Å². The largest absolute Gasteiger partial charge is 0.449 e. The van der Waals surface area contributed by atoms with Crippen LogP contribution in [0.2, 0.25) is 0 Å². The molecule has 0 radical (unpaired) electrons. The van der Waals surface area contributed by atoms with Gasteiger partial charge in [-0.3, -0.25) is 0 Å². The average molecular weight is 129 g/mol. The molecule has 1 heterocycles. The maximum absolute atomic E-state index is 10.4. The third-order valence-corrected chi connectivity index (χ3v) is 1.56. The number of ether oxygens (including phenoxy) is 1. The van der Waals surface area contributed by atoms with E-state index in [1.54, 1.807) is 0 Å². The van der Waals surface area contributed by atoms with E-state index in [-0.39, 0.29) is 6.09 Å². The van der Waals surface area contributed by atoms with Crippen LogP contribution in [0.25, 0.3) is 0 Å². The highest BCUT2D eigenvalue weighted by atomic mass is 16.6. The molecule has 0 aliphatic carbocycles. The van der Waals surface area contributed by atoms with Crippen molar-refractivity contribution in [2.45, 2.75) is 13.3 Å². The van der Waals surface area contributed by atoms with E-state index in [1.165, 1.54) is 0 Å². The molecule has 0 bridgehead atoms. The van der Waals surface area contributed by atoms with Gasteiger partial charge in [-0.15, -0.1) is 0 Å². The molecule has 0 saturated carbocycles.